The number of allylic oxidation sites excluding steroid dienone is 1. The van der Waals surface area contributed by atoms with Crippen LogP contribution < -0.4 is 9.47 Å². The van der Waals surface area contributed by atoms with Crippen LogP contribution in [-0.4, -0.2) is 78.5 Å². The maximum absolute atomic E-state index is 14.4. The zero-order valence-electron chi connectivity index (χ0n) is 35.0. The minimum atomic E-state index is -1.41. The predicted octanol–water partition coefficient (Wildman–Crippen LogP) is 10.3. The van der Waals surface area contributed by atoms with E-state index in [9.17, 15) is 15.0 Å². The highest BCUT2D eigenvalue weighted by atomic mass is 32.2. The van der Waals surface area contributed by atoms with Crippen molar-refractivity contribution in [1.82, 2.24) is 4.90 Å². The molecule has 0 bridgehead atoms. The molecule has 1 amide bonds. The molecule has 4 aromatic carbocycles. The normalized spacial score (nSPS) is 23.5. The van der Waals surface area contributed by atoms with E-state index in [2.05, 4.69) is 36.9 Å². The maximum atomic E-state index is 14.4. The van der Waals surface area contributed by atoms with Gasteiger partial charge in [-0.1, -0.05) is 72.6 Å². The van der Waals surface area contributed by atoms with E-state index >= 15 is 0 Å². The van der Waals surface area contributed by atoms with Crippen molar-refractivity contribution in [2.75, 3.05) is 39.8 Å². The Morgan fingerprint density at radius 3 is 2.47 bits per heavy atom. The number of carbonyl (C=O) groups is 1. The van der Waals surface area contributed by atoms with Crippen LogP contribution in [0.5, 0.6) is 17.2 Å². The Hall–Kier alpha value is -4.81. The highest BCUT2D eigenvalue weighted by Gasteiger charge is 2.65. The molecule has 10 nitrogen and oxygen atoms in total. The van der Waals surface area contributed by atoms with Crippen LogP contribution in [0.15, 0.2) is 119 Å². The van der Waals surface area contributed by atoms with Crippen LogP contribution in [0, 0.1) is 17.8 Å². The fraction of sp³-hybridized carbons (Fsp3) is 0.429. The van der Waals surface area contributed by atoms with E-state index in [1.54, 1.807) is 22.7 Å². The third-order valence-corrected chi connectivity index (χ3v) is 13.0. The van der Waals surface area contributed by atoms with Crippen molar-refractivity contribution >= 4 is 34.3 Å². The first-order chi connectivity index (χ1) is 29.4. The molecular formula is C49H58N2O8S. The van der Waals surface area contributed by atoms with Crippen LogP contribution in [0.1, 0.15) is 68.9 Å². The zero-order valence-corrected chi connectivity index (χ0v) is 35.8. The van der Waals surface area contributed by atoms with Gasteiger partial charge in [-0.25, -0.2) is 4.79 Å². The SMILES string of the molecule is C=CCO[C@@]12Oc3ccc(Oc4ccc(SC)cc4)cc3[C@H]3[C@H](CCCCO)[C@@H](CCCCO)C=C(C(=NOCC)C[C@@H]1N(Cc1cccc4ccccc14)C(=O)OC)[C@H]32. The van der Waals surface area contributed by atoms with Crippen LogP contribution in [0.2, 0.25) is 0 Å². The molecule has 3 aliphatic rings. The zero-order chi connectivity index (χ0) is 42.1. The van der Waals surface area contributed by atoms with E-state index < -0.39 is 23.8 Å². The molecule has 1 fully saturated rings. The molecule has 0 saturated heterocycles. The Morgan fingerprint density at radius 2 is 1.73 bits per heavy atom. The average Bonchev–Trinajstić information content (AvgIpc) is 3.28. The molecule has 2 N–H and O–H groups in total. The second-order valence-electron chi connectivity index (χ2n) is 15.7. The fourth-order valence-corrected chi connectivity index (χ4v) is 10.1. The number of ether oxygens (including phenoxy) is 4. The number of hydrogen-bond acceptors (Lipinski definition) is 10. The molecule has 0 spiro atoms. The van der Waals surface area contributed by atoms with Crippen molar-refractivity contribution in [1.29, 1.82) is 0 Å². The third-order valence-electron chi connectivity index (χ3n) is 12.2. The third kappa shape index (κ3) is 8.96. The van der Waals surface area contributed by atoms with E-state index in [0.717, 1.165) is 69.5 Å². The lowest BCUT2D eigenvalue weighted by Gasteiger charge is -2.59. The number of hydrogen-bond donors (Lipinski definition) is 2. The van der Waals surface area contributed by atoms with Crippen molar-refractivity contribution in [2.24, 2.45) is 22.9 Å². The van der Waals surface area contributed by atoms with Crippen molar-refractivity contribution in [3.63, 3.8) is 0 Å². The number of rotatable bonds is 19. The van der Waals surface area contributed by atoms with Gasteiger partial charge in [0.15, 0.2) is 0 Å². The number of aliphatic hydroxyl groups is 2. The summed E-state index contributed by atoms with van der Waals surface area (Å²) in [5.74, 6) is 0.183. The number of thioether (sulfide) groups is 1. The summed E-state index contributed by atoms with van der Waals surface area (Å²) < 4.78 is 26.6. The van der Waals surface area contributed by atoms with Crippen molar-refractivity contribution < 1.29 is 38.8 Å². The van der Waals surface area contributed by atoms with Gasteiger partial charge in [0.1, 0.15) is 29.9 Å². The minimum absolute atomic E-state index is 0.0752. The summed E-state index contributed by atoms with van der Waals surface area (Å²) >= 11 is 1.68. The standard InChI is InChI=1S/C49H58N2O8S/c1-5-28-56-49-45(51(48(54)55-3)32-35-17-13-16-33-14-7-8-18-39(33)35)31-43(50-57-6-2)41-29-34(15-9-11-26-52)40(19-10-12-27-53)46(47(41)49)42-30-37(22-25-44(42)59-49)58-36-20-23-38(60-4)24-21-36/h5,7-8,13-14,16-18,20-25,29-30,34,40,45-47,52-53H,1,6,9-12,15,19,26-28,31-32H2,2-4H3/t34-,40+,45-,46+,47+,49+/m0/s1. The van der Waals surface area contributed by atoms with E-state index in [4.69, 9.17) is 28.9 Å². The molecule has 1 aliphatic heterocycles. The molecule has 4 aromatic rings. The number of methoxy groups -OCH3 is 1. The lowest BCUT2D eigenvalue weighted by Crippen LogP contribution is -2.70. The number of nitrogens with zero attached hydrogens (tertiary/aromatic N) is 2. The van der Waals surface area contributed by atoms with Crippen LogP contribution in [0.4, 0.5) is 4.79 Å². The van der Waals surface area contributed by atoms with Gasteiger partial charge in [0.05, 0.1) is 31.9 Å². The Bertz CT molecular complexity index is 2150. The first-order valence-electron chi connectivity index (χ1n) is 21.2. The first-order valence-corrected chi connectivity index (χ1v) is 22.5. The molecule has 6 atom stereocenters. The quantitative estimate of drug-likeness (QED) is 0.0412. The number of amides is 1. The van der Waals surface area contributed by atoms with Crippen LogP contribution >= 0.6 is 11.8 Å². The number of fused-ring (bicyclic) bond motifs is 3. The maximum Gasteiger partial charge on any atom is 0.410 e. The molecule has 1 saturated carbocycles. The van der Waals surface area contributed by atoms with Crippen LogP contribution in [0.3, 0.4) is 0 Å². The fourth-order valence-electron chi connectivity index (χ4n) is 9.67. The molecule has 0 unspecified atom stereocenters. The summed E-state index contributed by atoms with van der Waals surface area (Å²) in [6, 6.07) is 27.6. The van der Waals surface area contributed by atoms with Crippen LogP contribution in [-0.2, 0) is 20.9 Å². The van der Waals surface area contributed by atoms with Gasteiger partial charge in [0.2, 0.25) is 5.79 Å². The van der Waals surface area contributed by atoms with Gasteiger partial charge in [-0.2, -0.15) is 0 Å². The summed E-state index contributed by atoms with van der Waals surface area (Å²) in [5, 5.41) is 26.8. The summed E-state index contributed by atoms with van der Waals surface area (Å²) in [5.41, 5.74) is 3.64. The van der Waals surface area contributed by atoms with Gasteiger partial charge in [-0.05, 0) is 115 Å². The van der Waals surface area contributed by atoms with Crippen molar-refractivity contribution in [3.05, 3.63) is 120 Å². The summed E-state index contributed by atoms with van der Waals surface area (Å²) in [6.45, 7) is 6.93. The van der Waals surface area contributed by atoms with Gasteiger partial charge >= 0.3 is 6.09 Å². The van der Waals surface area contributed by atoms with Gasteiger partial charge in [-0.3, -0.25) is 4.90 Å². The van der Waals surface area contributed by atoms with E-state index in [1.807, 2.05) is 73.8 Å². The lowest BCUT2D eigenvalue weighted by molar-refractivity contribution is -0.256. The summed E-state index contributed by atoms with van der Waals surface area (Å²) in [7, 11) is 1.41. The molecule has 0 aromatic heterocycles. The largest absolute Gasteiger partial charge is 0.459 e. The Labute approximate surface area is 358 Å². The van der Waals surface area contributed by atoms with Crippen LogP contribution in [0.25, 0.3) is 10.8 Å². The lowest BCUT2D eigenvalue weighted by atomic mass is 9.55. The molecule has 318 valence electrons. The molecule has 60 heavy (non-hydrogen) atoms. The topological polar surface area (TPSA) is 119 Å². The molecule has 0 radical (unpaired) electrons. The second kappa shape index (κ2) is 20.2. The average molecular weight is 835 g/mol. The number of benzene rings is 4. The van der Waals surface area contributed by atoms with Gasteiger partial charge in [0.25, 0.3) is 0 Å². The highest BCUT2D eigenvalue weighted by molar-refractivity contribution is 7.98. The Kier molecular flexibility index (Phi) is 14.5. The second-order valence-corrected chi connectivity index (χ2v) is 16.6. The predicted molar refractivity (Wildman–Crippen MR) is 237 cm³/mol. The number of unbranched alkanes of at least 4 members (excludes halogenated alkanes) is 2. The van der Waals surface area contributed by atoms with Gasteiger partial charge in [0, 0.05) is 36.0 Å². The molecule has 1 heterocycles. The van der Waals surface area contributed by atoms with E-state index in [-0.39, 0.29) is 50.5 Å². The Morgan fingerprint density at radius 1 is 0.983 bits per heavy atom. The summed E-state index contributed by atoms with van der Waals surface area (Å²) in [6.07, 6.45) is 10.6. The molecule has 11 heteroatoms. The Balaban J connectivity index is 1.45. The molecular weight excluding hydrogens is 777 g/mol. The first kappa shape index (κ1) is 43.3. The number of aliphatic hydroxyl groups excluding tert-OH is 2. The monoisotopic (exact) mass is 834 g/mol. The van der Waals surface area contributed by atoms with Crippen molar-refractivity contribution in [2.45, 2.75) is 81.1 Å². The van der Waals surface area contributed by atoms with Gasteiger partial charge < -0.3 is 34.0 Å². The summed E-state index contributed by atoms with van der Waals surface area (Å²) in [4.78, 5) is 23.2. The highest BCUT2D eigenvalue weighted by Crippen LogP contribution is 2.62. The van der Waals surface area contributed by atoms with E-state index in [1.165, 1.54) is 7.11 Å². The number of carbonyl (C=O) groups excluding carboxylic acids is 1. The van der Waals surface area contributed by atoms with Gasteiger partial charge in [-0.15, -0.1) is 18.3 Å². The smallest absolute Gasteiger partial charge is 0.410 e. The van der Waals surface area contributed by atoms with E-state index in [0.29, 0.717) is 30.9 Å². The molecule has 2 aliphatic carbocycles. The minimum Gasteiger partial charge on any atom is -0.459 e. The molecule has 7 rings (SSSR count). The van der Waals surface area contributed by atoms with Crippen molar-refractivity contribution in [3.8, 4) is 17.2 Å². The number of oxime groups is 1.